The van der Waals surface area contributed by atoms with E-state index < -0.39 is 11.9 Å². The molecule has 0 spiro atoms. The van der Waals surface area contributed by atoms with Gasteiger partial charge >= 0.3 is 5.97 Å². The van der Waals surface area contributed by atoms with Crippen LogP contribution in [0, 0.1) is 11.7 Å². The molecule has 178 valence electrons. The summed E-state index contributed by atoms with van der Waals surface area (Å²) < 4.78 is 26.1. The fraction of sp³-hybridized carbons (Fsp3) is 0.276. The van der Waals surface area contributed by atoms with Gasteiger partial charge in [-0.25, -0.2) is 4.39 Å². The lowest BCUT2D eigenvalue weighted by Gasteiger charge is -2.24. The molecule has 0 saturated heterocycles. The molecular formula is C29H31FO4. The first-order chi connectivity index (χ1) is 16.1. The molecule has 0 amide bonds. The summed E-state index contributed by atoms with van der Waals surface area (Å²) in [6.45, 7) is 10.2. The molecule has 0 aromatic heterocycles. The first kappa shape index (κ1) is 25.0. The van der Waals surface area contributed by atoms with Crippen LogP contribution in [0.3, 0.4) is 0 Å². The summed E-state index contributed by atoms with van der Waals surface area (Å²) in [6.07, 6.45) is 1.82. The van der Waals surface area contributed by atoms with Crippen LogP contribution >= 0.6 is 0 Å². The van der Waals surface area contributed by atoms with Crippen molar-refractivity contribution in [1.82, 2.24) is 0 Å². The van der Waals surface area contributed by atoms with Crippen molar-refractivity contribution in [3.8, 4) is 22.6 Å². The average Bonchev–Trinajstić information content (AvgIpc) is 2.81. The molecule has 0 aliphatic carbocycles. The summed E-state index contributed by atoms with van der Waals surface area (Å²) in [4.78, 5) is 11.2. The highest BCUT2D eigenvalue weighted by Crippen LogP contribution is 2.36. The number of ether oxygens (including phenoxy) is 2. The lowest BCUT2D eigenvalue weighted by atomic mass is 9.81. The molecular weight excluding hydrogens is 431 g/mol. The Hall–Kier alpha value is -3.60. The summed E-state index contributed by atoms with van der Waals surface area (Å²) in [5.74, 6) is -0.553. The van der Waals surface area contributed by atoms with E-state index in [1.165, 1.54) is 12.1 Å². The molecule has 3 aromatic rings. The van der Waals surface area contributed by atoms with Crippen LogP contribution in [0.5, 0.6) is 11.5 Å². The van der Waals surface area contributed by atoms with Crippen molar-refractivity contribution >= 4 is 5.97 Å². The van der Waals surface area contributed by atoms with Crippen molar-refractivity contribution in [2.75, 3.05) is 7.11 Å². The van der Waals surface area contributed by atoms with Gasteiger partial charge < -0.3 is 14.6 Å². The Balaban J connectivity index is 1.83. The van der Waals surface area contributed by atoms with Crippen molar-refractivity contribution in [3.05, 3.63) is 95.8 Å². The van der Waals surface area contributed by atoms with E-state index in [2.05, 4.69) is 27.4 Å². The first-order valence-electron chi connectivity index (χ1n) is 11.2. The quantitative estimate of drug-likeness (QED) is 0.355. The van der Waals surface area contributed by atoms with E-state index in [9.17, 15) is 14.3 Å². The van der Waals surface area contributed by atoms with Crippen molar-refractivity contribution in [2.45, 2.75) is 39.2 Å². The predicted octanol–water partition coefficient (Wildman–Crippen LogP) is 6.81. The largest absolute Gasteiger partial charge is 0.497 e. The lowest BCUT2D eigenvalue weighted by molar-refractivity contribution is -0.140. The Kier molecular flexibility index (Phi) is 7.77. The van der Waals surface area contributed by atoms with Gasteiger partial charge in [0, 0.05) is 5.56 Å². The van der Waals surface area contributed by atoms with Gasteiger partial charge in [0.25, 0.3) is 0 Å². The molecule has 4 nitrogen and oxygen atoms in total. The number of carboxylic acids is 1. The minimum atomic E-state index is -0.891. The zero-order valence-corrected chi connectivity index (χ0v) is 20.1. The second-order valence-corrected chi connectivity index (χ2v) is 9.29. The van der Waals surface area contributed by atoms with E-state index in [0.29, 0.717) is 30.1 Å². The highest BCUT2D eigenvalue weighted by atomic mass is 19.1. The molecule has 1 atom stereocenters. The lowest BCUT2D eigenvalue weighted by Crippen LogP contribution is -2.14. The average molecular weight is 463 g/mol. The van der Waals surface area contributed by atoms with Gasteiger partial charge in [0.15, 0.2) is 0 Å². The van der Waals surface area contributed by atoms with E-state index >= 15 is 0 Å². The molecule has 0 radical (unpaired) electrons. The van der Waals surface area contributed by atoms with Gasteiger partial charge in [-0.05, 0) is 70.5 Å². The molecule has 0 aliphatic heterocycles. The molecule has 3 aromatic carbocycles. The van der Waals surface area contributed by atoms with E-state index in [1.54, 1.807) is 19.2 Å². The Morgan fingerprint density at radius 2 is 1.65 bits per heavy atom. The Labute approximate surface area is 200 Å². The SMILES string of the molecule is C=CC(Cc1ccc(OCc2ccc(C(C)(C)C)c(-c3cc(OC)ccc3F)c2)cc1)C(=O)O. The molecule has 34 heavy (non-hydrogen) atoms. The van der Waals surface area contributed by atoms with Crippen LogP contribution < -0.4 is 9.47 Å². The normalized spacial score (nSPS) is 12.1. The zero-order chi connectivity index (χ0) is 24.9. The van der Waals surface area contributed by atoms with E-state index in [0.717, 1.165) is 22.3 Å². The minimum Gasteiger partial charge on any atom is -0.497 e. The second kappa shape index (κ2) is 10.6. The van der Waals surface area contributed by atoms with Gasteiger partial charge in [0.1, 0.15) is 23.9 Å². The molecule has 1 unspecified atom stereocenters. The Morgan fingerprint density at radius 1 is 1.00 bits per heavy atom. The number of carboxylic acid groups (broad SMARTS) is 1. The van der Waals surface area contributed by atoms with Gasteiger partial charge in [-0.15, -0.1) is 6.58 Å². The van der Waals surface area contributed by atoms with Crippen molar-refractivity contribution in [2.24, 2.45) is 5.92 Å². The number of rotatable bonds is 9. The molecule has 0 saturated carbocycles. The maximum Gasteiger partial charge on any atom is 0.310 e. The van der Waals surface area contributed by atoms with Crippen LogP contribution in [0.4, 0.5) is 4.39 Å². The van der Waals surface area contributed by atoms with E-state index in [1.807, 2.05) is 42.5 Å². The molecule has 0 bridgehead atoms. The van der Waals surface area contributed by atoms with Gasteiger partial charge in [0.2, 0.25) is 0 Å². The highest BCUT2D eigenvalue weighted by Gasteiger charge is 2.21. The van der Waals surface area contributed by atoms with Crippen molar-refractivity contribution in [1.29, 1.82) is 0 Å². The number of aliphatic carboxylic acids is 1. The van der Waals surface area contributed by atoms with Crippen LogP contribution in [0.1, 0.15) is 37.5 Å². The second-order valence-electron chi connectivity index (χ2n) is 9.29. The Morgan fingerprint density at radius 3 is 2.24 bits per heavy atom. The van der Waals surface area contributed by atoms with Crippen LogP contribution in [-0.4, -0.2) is 18.2 Å². The predicted molar refractivity (Wildman–Crippen MR) is 133 cm³/mol. The third kappa shape index (κ3) is 6.04. The van der Waals surface area contributed by atoms with Crippen LogP contribution in [0.2, 0.25) is 0 Å². The first-order valence-corrected chi connectivity index (χ1v) is 11.2. The number of hydrogen-bond donors (Lipinski definition) is 1. The van der Waals surface area contributed by atoms with Gasteiger partial charge in [-0.1, -0.05) is 51.1 Å². The Bertz CT molecular complexity index is 1160. The molecule has 3 rings (SSSR count). The third-order valence-corrected chi connectivity index (χ3v) is 5.74. The van der Waals surface area contributed by atoms with Gasteiger partial charge in [0.05, 0.1) is 13.0 Å². The standard InChI is InChI=1S/C29H31FO4/c1-6-21(28(31)32)15-19-7-10-22(11-8-19)34-18-20-9-13-26(29(2,3)4)24(16-20)25-17-23(33-5)12-14-27(25)30/h6-14,16-17,21H,1,15,18H2,2-5H3,(H,31,32). The maximum atomic E-state index is 14.8. The molecule has 0 aliphatic rings. The number of carbonyl (C=O) groups is 1. The number of methoxy groups -OCH3 is 1. The van der Waals surface area contributed by atoms with Crippen molar-refractivity contribution in [3.63, 3.8) is 0 Å². The molecule has 5 heteroatoms. The fourth-order valence-corrected chi connectivity index (χ4v) is 3.81. The number of benzene rings is 3. The molecule has 0 fully saturated rings. The summed E-state index contributed by atoms with van der Waals surface area (Å²) in [6, 6.07) is 18.1. The smallest absolute Gasteiger partial charge is 0.310 e. The van der Waals surface area contributed by atoms with E-state index in [4.69, 9.17) is 9.47 Å². The summed E-state index contributed by atoms with van der Waals surface area (Å²) >= 11 is 0. The van der Waals surface area contributed by atoms with Crippen molar-refractivity contribution < 1.29 is 23.8 Å². The zero-order valence-electron chi connectivity index (χ0n) is 20.1. The minimum absolute atomic E-state index is 0.181. The fourth-order valence-electron chi connectivity index (χ4n) is 3.81. The third-order valence-electron chi connectivity index (χ3n) is 5.74. The summed E-state index contributed by atoms with van der Waals surface area (Å²) in [5, 5.41) is 9.19. The maximum absolute atomic E-state index is 14.8. The monoisotopic (exact) mass is 462 g/mol. The highest BCUT2D eigenvalue weighted by molar-refractivity contribution is 5.72. The summed E-state index contributed by atoms with van der Waals surface area (Å²) in [5.41, 5.74) is 3.95. The topological polar surface area (TPSA) is 55.8 Å². The number of halogens is 1. The molecule has 0 heterocycles. The number of hydrogen-bond acceptors (Lipinski definition) is 3. The van der Waals surface area contributed by atoms with Crippen LogP contribution in [-0.2, 0) is 23.2 Å². The summed E-state index contributed by atoms with van der Waals surface area (Å²) in [7, 11) is 1.57. The van der Waals surface area contributed by atoms with Gasteiger partial charge in [-0.3, -0.25) is 4.79 Å². The van der Waals surface area contributed by atoms with Crippen LogP contribution in [0.15, 0.2) is 73.3 Å². The molecule has 1 N–H and O–H groups in total. The van der Waals surface area contributed by atoms with Gasteiger partial charge in [-0.2, -0.15) is 0 Å². The van der Waals surface area contributed by atoms with E-state index in [-0.39, 0.29) is 11.2 Å². The van der Waals surface area contributed by atoms with Crippen LogP contribution in [0.25, 0.3) is 11.1 Å².